The Hall–Kier alpha value is -3.23. The van der Waals surface area contributed by atoms with Gasteiger partial charge in [0.2, 0.25) is 17.6 Å². The highest BCUT2D eigenvalue weighted by atomic mass is 19.4. The zero-order chi connectivity index (χ0) is 19.3. The minimum Gasteiger partial charge on any atom is -0.352 e. The number of aromatic nitrogens is 3. The first-order chi connectivity index (χ1) is 12.9. The van der Waals surface area contributed by atoms with E-state index in [0.717, 1.165) is 17.7 Å². The van der Waals surface area contributed by atoms with Crippen LogP contribution in [0.25, 0.3) is 11.4 Å². The minimum atomic E-state index is -4.41. The largest absolute Gasteiger partial charge is 0.416 e. The van der Waals surface area contributed by atoms with Gasteiger partial charge in [0.25, 0.3) is 0 Å². The smallest absolute Gasteiger partial charge is 0.352 e. The fourth-order valence-corrected chi connectivity index (χ4v) is 2.34. The lowest BCUT2D eigenvalue weighted by atomic mass is 10.1. The number of hydrogen-bond donors (Lipinski definition) is 1. The zero-order valence-corrected chi connectivity index (χ0v) is 14.0. The molecule has 3 aromatic rings. The molecule has 0 aliphatic carbocycles. The van der Waals surface area contributed by atoms with E-state index in [-0.39, 0.29) is 25.3 Å². The van der Waals surface area contributed by atoms with Crippen molar-refractivity contribution in [1.82, 2.24) is 20.4 Å². The van der Waals surface area contributed by atoms with Crippen molar-refractivity contribution in [1.29, 1.82) is 0 Å². The van der Waals surface area contributed by atoms with Crippen molar-refractivity contribution in [2.45, 2.75) is 25.6 Å². The van der Waals surface area contributed by atoms with Crippen LogP contribution in [0, 0.1) is 0 Å². The molecule has 9 heteroatoms. The average molecular weight is 376 g/mol. The summed E-state index contributed by atoms with van der Waals surface area (Å²) in [6.07, 6.45) is -0.896. The third kappa shape index (κ3) is 5.13. The molecule has 0 aliphatic heterocycles. The van der Waals surface area contributed by atoms with Crippen LogP contribution in [0.5, 0.6) is 0 Å². The first-order valence-corrected chi connectivity index (χ1v) is 8.07. The summed E-state index contributed by atoms with van der Waals surface area (Å²) in [7, 11) is 0. The van der Waals surface area contributed by atoms with Gasteiger partial charge in [0.1, 0.15) is 0 Å². The van der Waals surface area contributed by atoms with Gasteiger partial charge in [-0.15, -0.1) is 0 Å². The third-order valence-corrected chi connectivity index (χ3v) is 3.72. The first-order valence-electron chi connectivity index (χ1n) is 8.07. The molecule has 6 nitrogen and oxygen atoms in total. The van der Waals surface area contributed by atoms with Gasteiger partial charge in [-0.25, -0.2) is 0 Å². The Morgan fingerprint density at radius 2 is 1.93 bits per heavy atom. The Morgan fingerprint density at radius 1 is 1.15 bits per heavy atom. The second kappa shape index (κ2) is 7.98. The maximum Gasteiger partial charge on any atom is 0.416 e. The van der Waals surface area contributed by atoms with Crippen LogP contribution in [0.2, 0.25) is 0 Å². The molecule has 3 rings (SSSR count). The summed E-state index contributed by atoms with van der Waals surface area (Å²) in [5.41, 5.74) is 0.369. The molecule has 0 saturated carbocycles. The lowest BCUT2D eigenvalue weighted by Crippen LogP contribution is -2.23. The van der Waals surface area contributed by atoms with Crippen molar-refractivity contribution < 1.29 is 22.5 Å². The molecule has 1 N–H and O–H groups in total. The molecular formula is C18H15F3N4O2. The Bertz CT molecular complexity index is 910. The molecule has 2 aromatic heterocycles. The van der Waals surface area contributed by atoms with Gasteiger partial charge in [0.15, 0.2) is 0 Å². The fraction of sp³-hybridized carbons (Fsp3) is 0.222. The predicted octanol–water partition coefficient (Wildman–Crippen LogP) is 3.40. The number of nitrogens with one attached hydrogen (secondary N) is 1. The Morgan fingerprint density at radius 3 is 2.67 bits per heavy atom. The molecule has 27 heavy (non-hydrogen) atoms. The van der Waals surface area contributed by atoms with Crippen molar-refractivity contribution >= 4 is 5.91 Å². The van der Waals surface area contributed by atoms with Gasteiger partial charge in [-0.05, 0) is 29.8 Å². The maximum atomic E-state index is 12.7. The van der Waals surface area contributed by atoms with E-state index in [9.17, 15) is 18.0 Å². The van der Waals surface area contributed by atoms with E-state index in [2.05, 4.69) is 20.4 Å². The number of carbonyl (C=O) groups excluding carboxylic acids is 1. The van der Waals surface area contributed by atoms with Crippen LogP contribution >= 0.6 is 0 Å². The molecule has 0 atom stereocenters. The number of hydrogen-bond acceptors (Lipinski definition) is 5. The molecule has 1 amide bonds. The normalized spacial score (nSPS) is 11.4. The van der Waals surface area contributed by atoms with Crippen molar-refractivity contribution in [2.24, 2.45) is 0 Å². The predicted molar refractivity (Wildman–Crippen MR) is 89.1 cm³/mol. The summed E-state index contributed by atoms with van der Waals surface area (Å²) >= 11 is 0. The zero-order valence-electron chi connectivity index (χ0n) is 14.0. The van der Waals surface area contributed by atoms with Crippen LogP contribution in [0.1, 0.15) is 23.4 Å². The monoisotopic (exact) mass is 376 g/mol. The van der Waals surface area contributed by atoms with Crippen molar-refractivity contribution in [2.75, 3.05) is 0 Å². The Kier molecular flexibility index (Phi) is 5.49. The number of rotatable bonds is 6. The highest BCUT2D eigenvalue weighted by Crippen LogP contribution is 2.29. The van der Waals surface area contributed by atoms with E-state index in [1.807, 2.05) is 0 Å². The lowest BCUT2D eigenvalue weighted by molar-refractivity contribution is -0.137. The number of carbonyl (C=O) groups is 1. The minimum absolute atomic E-state index is 0.00878. The number of pyridine rings is 1. The van der Waals surface area contributed by atoms with Crippen LogP contribution in [0.3, 0.4) is 0 Å². The Labute approximate surface area is 152 Å². The van der Waals surface area contributed by atoms with E-state index in [4.69, 9.17) is 4.52 Å². The molecule has 0 spiro atoms. The maximum absolute atomic E-state index is 12.7. The summed E-state index contributed by atoms with van der Waals surface area (Å²) in [4.78, 5) is 20.0. The molecule has 0 unspecified atom stereocenters. The molecule has 0 saturated heterocycles. The van der Waals surface area contributed by atoms with Crippen LogP contribution < -0.4 is 5.32 Å². The molecule has 0 bridgehead atoms. The number of benzene rings is 1. The highest BCUT2D eigenvalue weighted by molar-refractivity contribution is 5.76. The van der Waals surface area contributed by atoms with E-state index in [0.29, 0.717) is 17.3 Å². The summed E-state index contributed by atoms with van der Waals surface area (Å²) < 4.78 is 43.2. The number of nitrogens with zero attached hydrogens (tertiary/aromatic N) is 3. The van der Waals surface area contributed by atoms with E-state index in [1.165, 1.54) is 12.1 Å². The van der Waals surface area contributed by atoms with Gasteiger partial charge in [-0.1, -0.05) is 17.3 Å². The van der Waals surface area contributed by atoms with E-state index >= 15 is 0 Å². The molecule has 2 heterocycles. The number of amides is 1. The van der Waals surface area contributed by atoms with E-state index < -0.39 is 11.7 Å². The topological polar surface area (TPSA) is 80.9 Å². The lowest BCUT2D eigenvalue weighted by Gasteiger charge is -2.09. The van der Waals surface area contributed by atoms with Crippen LogP contribution in [0.15, 0.2) is 53.3 Å². The molecule has 0 aliphatic rings. The van der Waals surface area contributed by atoms with Gasteiger partial charge in [-0.2, -0.15) is 18.2 Å². The number of halogens is 3. The van der Waals surface area contributed by atoms with Gasteiger partial charge >= 0.3 is 6.18 Å². The summed E-state index contributed by atoms with van der Waals surface area (Å²) in [5, 5.41) is 6.42. The summed E-state index contributed by atoms with van der Waals surface area (Å²) in [6, 6.07) is 8.30. The average Bonchev–Trinajstić information content (AvgIpc) is 3.14. The molecule has 0 fully saturated rings. The number of alkyl halides is 3. The molecule has 1 aromatic carbocycles. The van der Waals surface area contributed by atoms with Crippen molar-refractivity contribution in [3.05, 3.63) is 65.8 Å². The Balaban J connectivity index is 1.50. The van der Waals surface area contributed by atoms with Gasteiger partial charge in [-0.3, -0.25) is 9.78 Å². The second-order valence-electron chi connectivity index (χ2n) is 5.72. The van der Waals surface area contributed by atoms with Crippen molar-refractivity contribution in [3.8, 4) is 11.4 Å². The van der Waals surface area contributed by atoms with Crippen LogP contribution in [-0.4, -0.2) is 21.0 Å². The summed E-state index contributed by atoms with van der Waals surface area (Å²) in [6.45, 7) is 0.00878. The number of aryl methyl sites for hydroxylation is 1. The van der Waals surface area contributed by atoms with E-state index in [1.54, 1.807) is 24.5 Å². The van der Waals surface area contributed by atoms with Gasteiger partial charge in [0.05, 0.1) is 5.56 Å². The second-order valence-corrected chi connectivity index (χ2v) is 5.72. The molecular weight excluding hydrogens is 361 g/mol. The van der Waals surface area contributed by atoms with Crippen molar-refractivity contribution in [3.63, 3.8) is 0 Å². The SMILES string of the molecule is O=C(CCc1nc(-c2ccncc2)no1)NCc1cccc(C(F)(F)F)c1. The van der Waals surface area contributed by atoms with Gasteiger partial charge < -0.3 is 9.84 Å². The highest BCUT2D eigenvalue weighted by Gasteiger charge is 2.30. The molecule has 0 radical (unpaired) electrons. The standard InChI is InChI=1S/C18H15F3N4O2/c19-18(20,21)14-3-1-2-12(10-14)11-23-15(26)4-5-16-24-17(25-27-16)13-6-8-22-9-7-13/h1-3,6-10H,4-5,11H2,(H,23,26). The summed E-state index contributed by atoms with van der Waals surface area (Å²) in [5.74, 6) is 0.379. The van der Waals surface area contributed by atoms with Crippen LogP contribution in [0.4, 0.5) is 13.2 Å². The van der Waals surface area contributed by atoms with Crippen LogP contribution in [-0.2, 0) is 23.9 Å². The first kappa shape index (κ1) is 18.6. The fourth-order valence-electron chi connectivity index (χ4n) is 2.34. The van der Waals surface area contributed by atoms with Gasteiger partial charge in [0, 0.05) is 37.3 Å². The molecule has 140 valence electrons. The third-order valence-electron chi connectivity index (χ3n) is 3.72. The quantitative estimate of drug-likeness (QED) is 0.713.